The lowest BCUT2D eigenvalue weighted by Gasteiger charge is -2.31. The molecule has 2 heterocycles. The van der Waals surface area contributed by atoms with E-state index in [1.165, 1.54) is 6.42 Å². The van der Waals surface area contributed by atoms with E-state index in [0.29, 0.717) is 5.25 Å². The van der Waals surface area contributed by atoms with Gasteiger partial charge >= 0.3 is 5.91 Å². The predicted molar refractivity (Wildman–Crippen MR) is 72.2 cm³/mol. The summed E-state index contributed by atoms with van der Waals surface area (Å²) in [7, 11) is 0. The molecule has 100 valence electrons. The summed E-state index contributed by atoms with van der Waals surface area (Å²) < 4.78 is 5.47. The largest absolute Gasteiger partial charge is 0.455 e. The zero-order chi connectivity index (χ0) is 13.0. The monoisotopic (exact) mass is 269 g/mol. The summed E-state index contributed by atoms with van der Waals surface area (Å²) >= 11 is 2.04. The highest BCUT2D eigenvalue weighted by atomic mass is 32.2. The summed E-state index contributed by atoms with van der Waals surface area (Å²) in [5, 5.41) is 0.709. The van der Waals surface area contributed by atoms with Gasteiger partial charge in [-0.1, -0.05) is 6.92 Å². The summed E-state index contributed by atoms with van der Waals surface area (Å²) in [6.45, 7) is 5.13. The van der Waals surface area contributed by atoms with E-state index in [1.54, 1.807) is 6.07 Å². The zero-order valence-electron chi connectivity index (χ0n) is 10.5. The maximum absolute atomic E-state index is 11.3. The molecule has 0 aliphatic carbocycles. The number of amides is 1. The first-order valence-corrected chi connectivity index (χ1v) is 7.21. The first-order valence-electron chi connectivity index (χ1n) is 6.16. The van der Waals surface area contributed by atoms with Gasteiger partial charge in [-0.2, -0.15) is 11.8 Å². The highest BCUT2D eigenvalue weighted by molar-refractivity contribution is 8.00. The molecule has 1 amide bonds. The predicted octanol–water partition coefficient (Wildman–Crippen LogP) is 1.21. The van der Waals surface area contributed by atoms with Gasteiger partial charge in [-0.25, -0.2) is 5.84 Å². The van der Waals surface area contributed by atoms with E-state index < -0.39 is 0 Å². The van der Waals surface area contributed by atoms with Crippen LogP contribution in [0, 0.1) is 0 Å². The Morgan fingerprint density at radius 3 is 3.22 bits per heavy atom. The van der Waals surface area contributed by atoms with E-state index in [9.17, 15) is 4.79 Å². The van der Waals surface area contributed by atoms with Crippen LogP contribution in [0.15, 0.2) is 16.5 Å². The molecule has 1 aromatic rings. The fourth-order valence-electron chi connectivity index (χ4n) is 2.05. The minimum absolute atomic E-state index is 0.269. The van der Waals surface area contributed by atoms with E-state index in [4.69, 9.17) is 10.3 Å². The van der Waals surface area contributed by atoms with Crippen molar-refractivity contribution in [2.75, 3.05) is 18.8 Å². The number of hydrogen-bond acceptors (Lipinski definition) is 5. The van der Waals surface area contributed by atoms with Gasteiger partial charge in [-0.05, 0) is 18.6 Å². The summed E-state index contributed by atoms with van der Waals surface area (Å²) in [4.78, 5) is 13.6. The smallest absolute Gasteiger partial charge is 0.300 e. The molecule has 2 rings (SSSR count). The topological polar surface area (TPSA) is 71.5 Å². The van der Waals surface area contributed by atoms with Crippen LogP contribution in [-0.2, 0) is 6.54 Å². The molecule has 0 radical (unpaired) electrons. The van der Waals surface area contributed by atoms with Crippen LogP contribution >= 0.6 is 11.8 Å². The van der Waals surface area contributed by atoms with E-state index >= 15 is 0 Å². The quantitative estimate of drug-likeness (QED) is 0.488. The molecule has 0 bridgehead atoms. The van der Waals surface area contributed by atoms with Crippen molar-refractivity contribution < 1.29 is 9.21 Å². The fraction of sp³-hybridized carbons (Fsp3) is 0.583. The van der Waals surface area contributed by atoms with E-state index in [0.717, 1.165) is 31.1 Å². The molecule has 1 saturated heterocycles. The summed E-state index contributed by atoms with van der Waals surface area (Å²) in [5.74, 6) is 6.92. The van der Waals surface area contributed by atoms with Crippen molar-refractivity contribution in [1.82, 2.24) is 10.3 Å². The normalized spacial score (nSPS) is 20.9. The number of carbonyl (C=O) groups is 1. The second-order valence-electron chi connectivity index (χ2n) is 4.38. The Morgan fingerprint density at radius 2 is 2.50 bits per heavy atom. The van der Waals surface area contributed by atoms with Crippen LogP contribution in [0.5, 0.6) is 0 Å². The number of carbonyl (C=O) groups excluding carboxylic acids is 1. The Labute approximate surface area is 111 Å². The summed E-state index contributed by atoms with van der Waals surface area (Å²) in [6, 6.07) is 3.50. The standard InChI is InChI=1S/C12H19N3O2S/c1-2-10-8-15(5-6-18-10)7-9-3-4-11(17-9)12(16)14-13/h3-4,10H,2,5-8,13H2,1H3,(H,14,16). The summed E-state index contributed by atoms with van der Waals surface area (Å²) in [6.07, 6.45) is 1.19. The molecule has 1 unspecified atom stereocenters. The number of nitrogens with zero attached hydrogens (tertiary/aromatic N) is 1. The number of nitrogen functional groups attached to an aromatic ring is 1. The van der Waals surface area contributed by atoms with Crippen molar-refractivity contribution in [3.63, 3.8) is 0 Å². The molecule has 3 N–H and O–H groups in total. The number of hydrazine groups is 1. The Morgan fingerprint density at radius 1 is 1.67 bits per heavy atom. The molecule has 5 nitrogen and oxygen atoms in total. The minimum Gasteiger partial charge on any atom is -0.455 e. The Hall–Kier alpha value is -0.980. The second-order valence-corrected chi connectivity index (χ2v) is 5.78. The average Bonchev–Trinajstić information content (AvgIpc) is 2.86. The van der Waals surface area contributed by atoms with Gasteiger partial charge in [0.1, 0.15) is 5.76 Å². The highest BCUT2D eigenvalue weighted by Gasteiger charge is 2.20. The molecule has 0 aromatic carbocycles. The molecule has 6 heteroatoms. The Kier molecular flexibility index (Phi) is 4.68. The molecule has 0 spiro atoms. The van der Waals surface area contributed by atoms with E-state index in [1.807, 2.05) is 17.8 Å². The van der Waals surface area contributed by atoms with Gasteiger partial charge in [-0.15, -0.1) is 0 Å². The van der Waals surface area contributed by atoms with Gasteiger partial charge in [0.15, 0.2) is 5.76 Å². The molecule has 1 aromatic heterocycles. The van der Waals surface area contributed by atoms with Crippen molar-refractivity contribution in [3.05, 3.63) is 23.7 Å². The third-order valence-electron chi connectivity index (χ3n) is 3.07. The average molecular weight is 269 g/mol. The molecular weight excluding hydrogens is 250 g/mol. The van der Waals surface area contributed by atoms with Gasteiger partial charge in [0.25, 0.3) is 0 Å². The van der Waals surface area contributed by atoms with Crippen molar-refractivity contribution in [2.45, 2.75) is 25.1 Å². The van der Waals surface area contributed by atoms with Crippen LogP contribution in [0.1, 0.15) is 29.7 Å². The van der Waals surface area contributed by atoms with Gasteiger partial charge in [0, 0.05) is 24.1 Å². The fourth-order valence-corrected chi connectivity index (χ4v) is 3.30. The Bertz CT molecular complexity index is 408. The van der Waals surface area contributed by atoms with Gasteiger partial charge in [-0.3, -0.25) is 15.1 Å². The van der Waals surface area contributed by atoms with Crippen molar-refractivity contribution in [3.8, 4) is 0 Å². The number of furan rings is 1. The first kappa shape index (κ1) is 13.5. The van der Waals surface area contributed by atoms with Crippen LogP contribution in [0.2, 0.25) is 0 Å². The van der Waals surface area contributed by atoms with Crippen LogP contribution < -0.4 is 11.3 Å². The lowest BCUT2D eigenvalue weighted by Crippen LogP contribution is -2.36. The van der Waals surface area contributed by atoms with Crippen LogP contribution in [0.25, 0.3) is 0 Å². The zero-order valence-corrected chi connectivity index (χ0v) is 11.3. The van der Waals surface area contributed by atoms with Crippen LogP contribution in [0.4, 0.5) is 0 Å². The second kappa shape index (κ2) is 6.26. The van der Waals surface area contributed by atoms with Crippen molar-refractivity contribution >= 4 is 17.7 Å². The molecule has 1 aliphatic heterocycles. The SMILES string of the molecule is CCC1CN(Cc2ccc(C(=O)NN)o2)CCS1. The van der Waals surface area contributed by atoms with Gasteiger partial charge in [0.2, 0.25) is 0 Å². The number of nitrogens with two attached hydrogens (primary N) is 1. The van der Waals surface area contributed by atoms with E-state index in [2.05, 4.69) is 17.2 Å². The van der Waals surface area contributed by atoms with Crippen LogP contribution in [-0.4, -0.2) is 34.9 Å². The Balaban J connectivity index is 1.92. The van der Waals surface area contributed by atoms with Crippen LogP contribution in [0.3, 0.4) is 0 Å². The summed E-state index contributed by atoms with van der Waals surface area (Å²) in [5.41, 5.74) is 2.06. The van der Waals surface area contributed by atoms with Gasteiger partial charge in [0.05, 0.1) is 6.54 Å². The minimum atomic E-state index is -0.387. The highest BCUT2D eigenvalue weighted by Crippen LogP contribution is 2.22. The third kappa shape index (κ3) is 3.28. The lowest BCUT2D eigenvalue weighted by molar-refractivity contribution is 0.0922. The third-order valence-corrected chi connectivity index (χ3v) is 4.45. The number of rotatable bonds is 4. The first-order chi connectivity index (χ1) is 8.72. The van der Waals surface area contributed by atoms with Crippen molar-refractivity contribution in [2.24, 2.45) is 5.84 Å². The molecular formula is C12H19N3O2S. The number of hydrogen-bond donors (Lipinski definition) is 2. The number of nitrogens with one attached hydrogen (secondary N) is 1. The number of thioether (sulfide) groups is 1. The van der Waals surface area contributed by atoms with Gasteiger partial charge < -0.3 is 4.42 Å². The van der Waals surface area contributed by atoms with E-state index in [-0.39, 0.29) is 11.7 Å². The molecule has 18 heavy (non-hydrogen) atoms. The molecule has 0 saturated carbocycles. The molecule has 1 aliphatic rings. The maximum Gasteiger partial charge on any atom is 0.300 e. The van der Waals surface area contributed by atoms with Crippen molar-refractivity contribution in [1.29, 1.82) is 0 Å². The lowest BCUT2D eigenvalue weighted by atomic mass is 10.3. The molecule has 1 fully saturated rings. The maximum atomic E-state index is 11.3. The molecule has 1 atom stereocenters.